The fraction of sp³-hybridized carbons (Fsp3) is 0.316. The molecular formula is C19H21IN2O2. The Bertz CT molecular complexity index is 703. The molecule has 126 valence electrons. The Kier molecular flexibility index (Phi) is 5.73. The smallest absolute Gasteiger partial charge is 0.238 e. The first kappa shape index (κ1) is 17.2. The standard InChI is InChI=1S/C19H21IN2O2/c1-24-17-9-7-14(8-10-17)18-6-3-11-22(18)13-19(23)21-16-5-2-4-15(20)12-16/h2,4-5,7-10,12,18H,3,6,11,13H2,1H3,(H,21,23). The topological polar surface area (TPSA) is 41.6 Å². The van der Waals surface area contributed by atoms with E-state index >= 15 is 0 Å². The largest absolute Gasteiger partial charge is 0.497 e. The zero-order valence-electron chi connectivity index (χ0n) is 13.7. The molecule has 5 heteroatoms. The van der Waals surface area contributed by atoms with Crippen molar-refractivity contribution in [1.29, 1.82) is 0 Å². The number of methoxy groups -OCH3 is 1. The molecule has 2 aromatic carbocycles. The molecule has 1 fully saturated rings. The first-order chi connectivity index (χ1) is 11.7. The van der Waals surface area contributed by atoms with E-state index in [1.54, 1.807) is 7.11 Å². The van der Waals surface area contributed by atoms with Crippen molar-refractivity contribution in [3.05, 3.63) is 57.7 Å². The highest BCUT2D eigenvalue weighted by Crippen LogP contribution is 2.32. The Balaban J connectivity index is 1.63. The van der Waals surface area contributed by atoms with Crippen molar-refractivity contribution in [2.75, 3.05) is 25.5 Å². The molecule has 4 nitrogen and oxygen atoms in total. The van der Waals surface area contributed by atoms with Crippen LogP contribution in [0.25, 0.3) is 0 Å². The number of likely N-dealkylation sites (tertiary alicyclic amines) is 1. The van der Waals surface area contributed by atoms with Crippen LogP contribution in [0.1, 0.15) is 24.4 Å². The third kappa shape index (κ3) is 4.27. The van der Waals surface area contributed by atoms with E-state index in [1.165, 1.54) is 5.56 Å². The van der Waals surface area contributed by atoms with Crippen LogP contribution in [0, 0.1) is 3.57 Å². The number of halogens is 1. The number of nitrogens with one attached hydrogen (secondary N) is 1. The van der Waals surface area contributed by atoms with Gasteiger partial charge in [-0.05, 0) is 77.9 Å². The van der Waals surface area contributed by atoms with Gasteiger partial charge in [-0.3, -0.25) is 9.69 Å². The highest BCUT2D eigenvalue weighted by Gasteiger charge is 2.27. The third-order valence-corrected chi connectivity index (χ3v) is 4.99. The van der Waals surface area contributed by atoms with Crippen molar-refractivity contribution in [1.82, 2.24) is 4.90 Å². The molecule has 3 rings (SSSR count). The Morgan fingerprint density at radius 2 is 2.08 bits per heavy atom. The van der Waals surface area contributed by atoms with Gasteiger partial charge >= 0.3 is 0 Å². The summed E-state index contributed by atoms with van der Waals surface area (Å²) in [4.78, 5) is 14.6. The number of ether oxygens (including phenoxy) is 1. The summed E-state index contributed by atoms with van der Waals surface area (Å²) >= 11 is 2.25. The second-order valence-corrected chi connectivity index (χ2v) is 7.21. The summed E-state index contributed by atoms with van der Waals surface area (Å²) in [6.07, 6.45) is 2.20. The molecule has 1 N–H and O–H groups in total. The Hall–Kier alpha value is -1.60. The lowest BCUT2D eigenvalue weighted by Gasteiger charge is -2.24. The number of hydrogen-bond donors (Lipinski definition) is 1. The van der Waals surface area contributed by atoms with E-state index in [2.05, 4.69) is 44.9 Å². The van der Waals surface area contributed by atoms with Crippen molar-refractivity contribution >= 4 is 34.2 Å². The minimum atomic E-state index is 0.0393. The van der Waals surface area contributed by atoms with Crippen LogP contribution >= 0.6 is 22.6 Å². The minimum Gasteiger partial charge on any atom is -0.497 e. The van der Waals surface area contributed by atoms with Gasteiger partial charge in [-0.1, -0.05) is 18.2 Å². The molecule has 1 unspecified atom stereocenters. The maximum atomic E-state index is 12.4. The predicted octanol–water partition coefficient (Wildman–Crippen LogP) is 4.08. The average molecular weight is 436 g/mol. The van der Waals surface area contributed by atoms with Gasteiger partial charge in [0.25, 0.3) is 0 Å². The van der Waals surface area contributed by atoms with Crippen LogP contribution in [-0.2, 0) is 4.79 Å². The summed E-state index contributed by atoms with van der Waals surface area (Å²) in [6, 6.07) is 16.3. The van der Waals surface area contributed by atoms with Crippen molar-refractivity contribution in [3.63, 3.8) is 0 Å². The molecule has 0 spiro atoms. The van der Waals surface area contributed by atoms with Crippen LogP contribution in [0.4, 0.5) is 5.69 Å². The second-order valence-electron chi connectivity index (χ2n) is 5.96. The van der Waals surface area contributed by atoms with Gasteiger partial charge in [0, 0.05) is 15.3 Å². The van der Waals surface area contributed by atoms with Gasteiger partial charge in [0.05, 0.1) is 13.7 Å². The van der Waals surface area contributed by atoms with E-state index in [9.17, 15) is 4.79 Å². The van der Waals surface area contributed by atoms with Crippen LogP contribution in [0.2, 0.25) is 0 Å². The number of amides is 1. The van der Waals surface area contributed by atoms with Crippen LogP contribution in [0.3, 0.4) is 0 Å². The SMILES string of the molecule is COc1ccc(C2CCCN2CC(=O)Nc2cccc(I)c2)cc1. The average Bonchev–Trinajstić information content (AvgIpc) is 3.03. The van der Waals surface area contributed by atoms with E-state index in [0.29, 0.717) is 12.6 Å². The molecule has 0 radical (unpaired) electrons. The molecule has 1 amide bonds. The zero-order chi connectivity index (χ0) is 16.9. The molecule has 0 bridgehead atoms. The van der Waals surface area contributed by atoms with Gasteiger partial charge < -0.3 is 10.1 Å². The van der Waals surface area contributed by atoms with E-state index in [4.69, 9.17) is 4.74 Å². The van der Waals surface area contributed by atoms with Gasteiger partial charge in [0.2, 0.25) is 5.91 Å². The number of hydrogen-bond acceptors (Lipinski definition) is 3. The lowest BCUT2D eigenvalue weighted by Crippen LogP contribution is -2.32. The number of carbonyl (C=O) groups excluding carboxylic acids is 1. The molecule has 0 saturated carbocycles. The highest BCUT2D eigenvalue weighted by atomic mass is 127. The maximum Gasteiger partial charge on any atom is 0.238 e. The van der Waals surface area contributed by atoms with Crippen molar-refractivity contribution < 1.29 is 9.53 Å². The monoisotopic (exact) mass is 436 g/mol. The molecular weight excluding hydrogens is 415 g/mol. The highest BCUT2D eigenvalue weighted by molar-refractivity contribution is 14.1. The summed E-state index contributed by atoms with van der Waals surface area (Å²) in [5.41, 5.74) is 2.10. The first-order valence-electron chi connectivity index (χ1n) is 8.09. The molecule has 1 aliphatic heterocycles. The summed E-state index contributed by atoms with van der Waals surface area (Å²) in [6.45, 7) is 1.37. The minimum absolute atomic E-state index is 0.0393. The van der Waals surface area contributed by atoms with E-state index in [1.807, 2.05) is 36.4 Å². The normalized spacial score (nSPS) is 17.7. The van der Waals surface area contributed by atoms with Gasteiger partial charge in [-0.2, -0.15) is 0 Å². The maximum absolute atomic E-state index is 12.4. The van der Waals surface area contributed by atoms with Crippen molar-refractivity contribution in [2.24, 2.45) is 0 Å². The van der Waals surface area contributed by atoms with Crippen molar-refractivity contribution in [3.8, 4) is 5.75 Å². The molecule has 0 aliphatic carbocycles. The van der Waals surface area contributed by atoms with E-state index in [0.717, 1.165) is 34.4 Å². The summed E-state index contributed by atoms with van der Waals surface area (Å²) in [7, 11) is 1.67. The van der Waals surface area contributed by atoms with Gasteiger partial charge in [-0.25, -0.2) is 0 Å². The molecule has 24 heavy (non-hydrogen) atoms. The molecule has 1 atom stereocenters. The molecule has 0 aromatic heterocycles. The number of carbonyl (C=O) groups is 1. The van der Waals surface area contributed by atoms with Gasteiger partial charge in [-0.15, -0.1) is 0 Å². The Morgan fingerprint density at radius 1 is 1.29 bits per heavy atom. The predicted molar refractivity (Wildman–Crippen MR) is 104 cm³/mol. The van der Waals surface area contributed by atoms with Crippen molar-refractivity contribution in [2.45, 2.75) is 18.9 Å². The zero-order valence-corrected chi connectivity index (χ0v) is 15.8. The molecule has 2 aromatic rings. The Morgan fingerprint density at radius 3 is 2.79 bits per heavy atom. The summed E-state index contributed by atoms with van der Waals surface area (Å²) in [5.74, 6) is 0.900. The van der Waals surface area contributed by atoms with Crippen LogP contribution in [-0.4, -0.2) is 31.0 Å². The van der Waals surface area contributed by atoms with E-state index < -0.39 is 0 Å². The molecule has 1 heterocycles. The van der Waals surface area contributed by atoms with E-state index in [-0.39, 0.29) is 5.91 Å². The van der Waals surface area contributed by atoms with Crippen LogP contribution < -0.4 is 10.1 Å². The quantitative estimate of drug-likeness (QED) is 0.719. The number of nitrogens with zero attached hydrogens (tertiary/aromatic N) is 1. The fourth-order valence-electron chi connectivity index (χ4n) is 3.17. The number of anilines is 1. The summed E-state index contributed by atoms with van der Waals surface area (Å²) in [5, 5.41) is 2.99. The van der Waals surface area contributed by atoms with Gasteiger partial charge in [0.1, 0.15) is 5.75 Å². The second kappa shape index (κ2) is 7.98. The van der Waals surface area contributed by atoms with Crippen LogP contribution in [0.15, 0.2) is 48.5 Å². The lowest BCUT2D eigenvalue weighted by atomic mass is 10.0. The molecule has 1 saturated heterocycles. The first-order valence-corrected chi connectivity index (χ1v) is 9.17. The molecule has 1 aliphatic rings. The number of rotatable bonds is 5. The lowest BCUT2D eigenvalue weighted by molar-refractivity contribution is -0.117. The Labute approximate surface area is 156 Å². The fourth-order valence-corrected chi connectivity index (χ4v) is 3.71. The van der Waals surface area contributed by atoms with Gasteiger partial charge in [0.15, 0.2) is 0 Å². The van der Waals surface area contributed by atoms with Crippen LogP contribution in [0.5, 0.6) is 5.75 Å². The summed E-state index contributed by atoms with van der Waals surface area (Å²) < 4.78 is 6.33. The third-order valence-electron chi connectivity index (χ3n) is 4.32. The number of benzene rings is 2.